The minimum Gasteiger partial charge on any atom is -0.394 e. The first-order chi connectivity index (χ1) is 8.70. The standard InChI is InChI=1S/C13H24O5/c14-7-11-13(16)10(15)6-12(18-11)17-8-9-4-2-1-3-5-9/h9-16H,1-8H2/t10-,11-,12+,13-/m1/s1. The van der Waals surface area contributed by atoms with Gasteiger partial charge in [0.05, 0.1) is 19.3 Å². The van der Waals surface area contributed by atoms with Crippen LogP contribution >= 0.6 is 0 Å². The van der Waals surface area contributed by atoms with Gasteiger partial charge in [-0.15, -0.1) is 0 Å². The quantitative estimate of drug-likeness (QED) is 0.682. The zero-order valence-corrected chi connectivity index (χ0v) is 10.7. The fourth-order valence-electron chi connectivity index (χ4n) is 2.77. The molecule has 18 heavy (non-hydrogen) atoms. The summed E-state index contributed by atoms with van der Waals surface area (Å²) in [5.74, 6) is 0.582. The third-order valence-corrected chi connectivity index (χ3v) is 3.96. The molecule has 5 heteroatoms. The summed E-state index contributed by atoms with van der Waals surface area (Å²) in [6.07, 6.45) is 3.34. The van der Waals surface area contributed by atoms with Crippen LogP contribution in [-0.4, -0.2) is 53.1 Å². The predicted molar refractivity (Wildman–Crippen MR) is 64.9 cm³/mol. The molecule has 0 spiro atoms. The Labute approximate surface area is 108 Å². The van der Waals surface area contributed by atoms with Crippen LogP contribution < -0.4 is 0 Å². The first-order valence-corrected chi connectivity index (χ1v) is 6.94. The zero-order valence-electron chi connectivity index (χ0n) is 10.7. The van der Waals surface area contributed by atoms with Crippen LogP contribution in [0.15, 0.2) is 0 Å². The Morgan fingerprint density at radius 3 is 2.50 bits per heavy atom. The topological polar surface area (TPSA) is 79.2 Å². The molecule has 0 aromatic rings. The molecule has 1 saturated heterocycles. The predicted octanol–water partition coefficient (Wildman–Crippen LogP) is 0.412. The number of rotatable bonds is 4. The van der Waals surface area contributed by atoms with Gasteiger partial charge in [0.25, 0.3) is 0 Å². The van der Waals surface area contributed by atoms with E-state index in [0.29, 0.717) is 12.5 Å². The Morgan fingerprint density at radius 1 is 1.11 bits per heavy atom. The van der Waals surface area contributed by atoms with Gasteiger partial charge in [-0.05, 0) is 18.8 Å². The van der Waals surface area contributed by atoms with Crippen molar-refractivity contribution in [2.75, 3.05) is 13.2 Å². The van der Waals surface area contributed by atoms with E-state index in [0.717, 1.165) is 0 Å². The fraction of sp³-hybridized carbons (Fsp3) is 1.00. The molecule has 3 N–H and O–H groups in total. The van der Waals surface area contributed by atoms with Gasteiger partial charge in [-0.25, -0.2) is 0 Å². The minimum absolute atomic E-state index is 0.268. The number of hydrogen-bond acceptors (Lipinski definition) is 5. The Morgan fingerprint density at radius 2 is 1.83 bits per heavy atom. The SMILES string of the molecule is OC[C@H]1O[C@H](OCC2CCCCC2)C[C@@H](O)[C@H]1O. The summed E-state index contributed by atoms with van der Waals surface area (Å²) in [4.78, 5) is 0. The molecule has 0 aromatic heterocycles. The van der Waals surface area contributed by atoms with E-state index in [1.165, 1.54) is 32.1 Å². The summed E-state index contributed by atoms with van der Waals surface area (Å²) < 4.78 is 11.1. The highest BCUT2D eigenvalue weighted by Crippen LogP contribution is 2.26. The highest BCUT2D eigenvalue weighted by Gasteiger charge is 2.37. The van der Waals surface area contributed by atoms with Crippen LogP contribution in [0.1, 0.15) is 38.5 Å². The molecule has 0 radical (unpaired) electrons. The van der Waals surface area contributed by atoms with E-state index in [1.807, 2.05) is 0 Å². The lowest BCUT2D eigenvalue weighted by atomic mass is 9.90. The van der Waals surface area contributed by atoms with Gasteiger partial charge in [-0.3, -0.25) is 0 Å². The first-order valence-electron chi connectivity index (χ1n) is 6.94. The van der Waals surface area contributed by atoms with Crippen molar-refractivity contribution in [3.63, 3.8) is 0 Å². The normalized spacial score (nSPS) is 38.8. The zero-order chi connectivity index (χ0) is 13.0. The lowest BCUT2D eigenvalue weighted by Gasteiger charge is -2.36. The molecule has 0 bridgehead atoms. The van der Waals surface area contributed by atoms with Crippen molar-refractivity contribution in [2.45, 2.75) is 63.1 Å². The van der Waals surface area contributed by atoms with Crippen LogP contribution in [0.5, 0.6) is 0 Å². The molecular formula is C13H24O5. The van der Waals surface area contributed by atoms with Crippen molar-refractivity contribution < 1.29 is 24.8 Å². The van der Waals surface area contributed by atoms with Gasteiger partial charge in [0.1, 0.15) is 12.2 Å². The van der Waals surface area contributed by atoms with Gasteiger partial charge in [0, 0.05) is 6.42 Å². The second-order valence-electron chi connectivity index (χ2n) is 5.42. The van der Waals surface area contributed by atoms with Crippen molar-refractivity contribution in [1.29, 1.82) is 0 Å². The Kier molecular flexibility index (Phi) is 5.38. The van der Waals surface area contributed by atoms with E-state index >= 15 is 0 Å². The van der Waals surface area contributed by atoms with Crippen LogP contribution in [0.4, 0.5) is 0 Å². The van der Waals surface area contributed by atoms with Gasteiger partial charge in [0.2, 0.25) is 0 Å². The maximum absolute atomic E-state index is 9.67. The third kappa shape index (κ3) is 3.65. The number of ether oxygens (including phenoxy) is 2. The average molecular weight is 260 g/mol. The lowest BCUT2D eigenvalue weighted by molar-refractivity contribution is -0.260. The summed E-state index contributed by atoms with van der Waals surface area (Å²) in [5, 5.41) is 28.3. The molecule has 106 valence electrons. The van der Waals surface area contributed by atoms with Crippen molar-refractivity contribution in [1.82, 2.24) is 0 Å². The highest BCUT2D eigenvalue weighted by atomic mass is 16.7. The maximum Gasteiger partial charge on any atom is 0.160 e. The molecule has 2 fully saturated rings. The molecule has 0 unspecified atom stereocenters. The van der Waals surface area contributed by atoms with Gasteiger partial charge < -0.3 is 24.8 Å². The van der Waals surface area contributed by atoms with Crippen LogP contribution in [-0.2, 0) is 9.47 Å². The van der Waals surface area contributed by atoms with E-state index in [2.05, 4.69) is 0 Å². The summed E-state index contributed by atoms with van der Waals surface area (Å²) >= 11 is 0. The molecule has 1 aliphatic carbocycles. The first kappa shape index (κ1) is 14.2. The van der Waals surface area contributed by atoms with E-state index in [1.54, 1.807) is 0 Å². The van der Waals surface area contributed by atoms with Crippen molar-refractivity contribution in [3.8, 4) is 0 Å². The lowest BCUT2D eigenvalue weighted by Crippen LogP contribution is -2.50. The summed E-state index contributed by atoms with van der Waals surface area (Å²) in [5.41, 5.74) is 0. The Bertz CT molecular complexity index is 242. The molecular weight excluding hydrogens is 236 g/mol. The summed E-state index contributed by atoms with van der Waals surface area (Å²) in [7, 11) is 0. The second kappa shape index (κ2) is 6.82. The molecule has 5 nitrogen and oxygen atoms in total. The minimum atomic E-state index is -1.02. The molecule has 2 rings (SSSR count). The molecule has 0 amide bonds. The van der Waals surface area contributed by atoms with Crippen molar-refractivity contribution >= 4 is 0 Å². The van der Waals surface area contributed by atoms with Crippen LogP contribution in [0.3, 0.4) is 0 Å². The van der Waals surface area contributed by atoms with Crippen LogP contribution in [0, 0.1) is 5.92 Å². The summed E-state index contributed by atoms with van der Waals surface area (Å²) in [6, 6.07) is 0. The van der Waals surface area contributed by atoms with Crippen molar-refractivity contribution in [2.24, 2.45) is 5.92 Å². The highest BCUT2D eigenvalue weighted by molar-refractivity contribution is 4.82. The second-order valence-corrected chi connectivity index (χ2v) is 5.42. The van der Waals surface area contributed by atoms with Gasteiger partial charge in [0.15, 0.2) is 6.29 Å². The fourth-order valence-corrected chi connectivity index (χ4v) is 2.77. The average Bonchev–Trinajstić information content (AvgIpc) is 2.41. The molecule has 2 aliphatic rings. The Balaban J connectivity index is 1.75. The Hall–Kier alpha value is -0.200. The molecule has 1 aliphatic heterocycles. The molecule has 1 heterocycles. The maximum atomic E-state index is 9.67. The van der Waals surface area contributed by atoms with Crippen LogP contribution in [0.25, 0.3) is 0 Å². The van der Waals surface area contributed by atoms with E-state index in [9.17, 15) is 10.2 Å². The van der Waals surface area contributed by atoms with Gasteiger partial charge in [-0.2, -0.15) is 0 Å². The van der Waals surface area contributed by atoms with E-state index in [4.69, 9.17) is 14.6 Å². The number of hydrogen-bond donors (Lipinski definition) is 3. The summed E-state index contributed by atoms with van der Waals surface area (Å²) in [6.45, 7) is 0.340. The monoisotopic (exact) mass is 260 g/mol. The van der Waals surface area contributed by atoms with E-state index in [-0.39, 0.29) is 13.0 Å². The third-order valence-electron chi connectivity index (χ3n) is 3.96. The smallest absolute Gasteiger partial charge is 0.160 e. The number of aliphatic hydroxyl groups is 3. The molecule has 4 atom stereocenters. The van der Waals surface area contributed by atoms with Crippen LogP contribution in [0.2, 0.25) is 0 Å². The number of aliphatic hydroxyl groups excluding tert-OH is 3. The van der Waals surface area contributed by atoms with Gasteiger partial charge in [-0.1, -0.05) is 19.3 Å². The van der Waals surface area contributed by atoms with E-state index < -0.39 is 24.6 Å². The molecule has 1 saturated carbocycles. The van der Waals surface area contributed by atoms with Crippen molar-refractivity contribution in [3.05, 3.63) is 0 Å². The largest absolute Gasteiger partial charge is 0.394 e. The molecule has 0 aromatic carbocycles. The van der Waals surface area contributed by atoms with Gasteiger partial charge >= 0.3 is 0 Å².